The van der Waals surface area contributed by atoms with E-state index in [1.807, 2.05) is 43.0 Å². The number of aryl methyl sites for hydroxylation is 3. The zero-order valence-electron chi connectivity index (χ0n) is 79.2. The van der Waals surface area contributed by atoms with Crippen molar-refractivity contribution in [2.45, 2.75) is 254 Å². The Morgan fingerprint density at radius 3 is 0.932 bits per heavy atom. The van der Waals surface area contributed by atoms with Crippen LogP contribution >= 0.6 is 0 Å². The van der Waals surface area contributed by atoms with Crippen molar-refractivity contribution in [3.63, 3.8) is 0 Å². The van der Waals surface area contributed by atoms with E-state index in [4.69, 9.17) is 15.2 Å². The molecule has 4 saturated heterocycles. The van der Waals surface area contributed by atoms with Crippen LogP contribution in [0.3, 0.4) is 0 Å². The molecule has 16 rings (SSSR count). The van der Waals surface area contributed by atoms with Crippen LogP contribution in [0.25, 0.3) is 43.6 Å². The number of amides is 4. The van der Waals surface area contributed by atoms with E-state index in [2.05, 4.69) is 91.7 Å². The second kappa shape index (κ2) is 46.4. The van der Waals surface area contributed by atoms with Gasteiger partial charge in [-0.1, -0.05) is 74.1 Å². The van der Waals surface area contributed by atoms with Gasteiger partial charge < -0.3 is 56.1 Å². The lowest BCUT2D eigenvalue weighted by molar-refractivity contribution is -0.137. The van der Waals surface area contributed by atoms with E-state index >= 15 is 4.39 Å². The summed E-state index contributed by atoms with van der Waals surface area (Å²) < 4.78 is 68.6. The number of nitrogens with zero attached hydrogens (tertiary/aromatic N) is 8. The molecule has 0 spiro atoms. The van der Waals surface area contributed by atoms with Crippen molar-refractivity contribution in [2.24, 2.45) is 47.3 Å². The third-order valence-corrected chi connectivity index (χ3v) is 28.0. The molecule has 4 saturated carbocycles. The number of methoxy groups -OCH3 is 2. The van der Waals surface area contributed by atoms with Gasteiger partial charge in [0.2, 0.25) is 23.6 Å². The summed E-state index contributed by atoms with van der Waals surface area (Å²) in [5, 5.41) is 15.4. The summed E-state index contributed by atoms with van der Waals surface area (Å²) in [5.74, 6) is 4.09. The lowest BCUT2D eigenvalue weighted by Gasteiger charge is -2.34. The highest BCUT2D eigenvalue weighted by molar-refractivity contribution is 6.09. The van der Waals surface area contributed by atoms with Crippen molar-refractivity contribution in [2.75, 3.05) is 118 Å². The molecule has 0 unspecified atom stereocenters. The van der Waals surface area contributed by atoms with Crippen LogP contribution in [0.1, 0.15) is 292 Å². The van der Waals surface area contributed by atoms with Gasteiger partial charge in [-0.15, -0.1) is 0 Å². The van der Waals surface area contributed by atoms with Gasteiger partial charge in [-0.05, 0) is 218 Å². The second-order valence-corrected chi connectivity index (χ2v) is 37.8. The molecule has 0 radical (unpaired) electrons. The van der Waals surface area contributed by atoms with E-state index in [0.29, 0.717) is 160 Å². The zero-order chi connectivity index (χ0) is 93.9. The first-order valence-electron chi connectivity index (χ1n) is 49.4. The number of anilines is 5. The molecule has 8 heterocycles. The molecule has 0 bridgehead atoms. The number of carbonyl (C=O) groups is 8. The summed E-state index contributed by atoms with van der Waals surface area (Å²) in [6.45, 7) is 22.5. The molecule has 23 nitrogen and oxygen atoms in total. The number of benzene rings is 4. The van der Waals surface area contributed by atoms with Gasteiger partial charge in [0.1, 0.15) is 17.3 Å². The number of unbranched alkanes of at least 4 members (excludes halogenated alkanes) is 4. The average molecular weight is 1820 g/mol. The molecule has 6 N–H and O–H groups in total. The fraction of sp³-hybridized carbons (Fsp3) is 0.581. The molecule has 27 heteroatoms. The fourth-order valence-corrected chi connectivity index (χ4v) is 19.1. The smallest absolute Gasteiger partial charge is 0.418 e. The maximum Gasteiger partial charge on any atom is 0.418 e. The Hall–Kier alpha value is -10.6. The van der Waals surface area contributed by atoms with E-state index in [-0.39, 0.29) is 87.5 Å². The molecule has 4 aliphatic heterocycles. The number of rotatable bonds is 37. The van der Waals surface area contributed by atoms with Crippen LogP contribution in [0.15, 0.2) is 73.3 Å². The minimum atomic E-state index is -4.54. The summed E-state index contributed by atoms with van der Waals surface area (Å²) in [7, 11) is 3.34. The Morgan fingerprint density at radius 2 is 0.629 bits per heavy atom. The van der Waals surface area contributed by atoms with Crippen LogP contribution in [0, 0.1) is 53.2 Å². The number of ether oxygens (including phenoxy) is 2. The molecular formula is C105H139F4N13O10. The van der Waals surface area contributed by atoms with Crippen LogP contribution in [0.2, 0.25) is 0 Å². The molecule has 4 aliphatic carbocycles. The molecule has 8 fully saturated rings. The normalized spacial score (nSPS) is 16.9. The number of hydrogen-bond donors (Lipinski definition) is 5. The molecule has 8 aliphatic rings. The van der Waals surface area contributed by atoms with Crippen molar-refractivity contribution < 1.29 is 65.4 Å². The molecule has 4 amide bonds. The molecule has 4 aromatic heterocycles. The number of nitrogen functional groups attached to an aromatic ring is 1. The number of nitrogens with one attached hydrogen (secondary N) is 4. The van der Waals surface area contributed by atoms with Gasteiger partial charge in [0.05, 0.1) is 70.2 Å². The summed E-state index contributed by atoms with van der Waals surface area (Å²) in [6.07, 6.45) is 29.0. The van der Waals surface area contributed by atoms with Gasteiger partial charge in [0, 0.05) is 215 Å². The number of halogens is 4. The number of ketones is 4. The first-order chi connectivity index (χ1) is 63.8. The summed E-state index contributed by atoms with van der Waals surface area (Å²) in [6, 6.07) is 14.1. The predicted octanol–water partition coefficient (Wildman–Crippen LogP) is 19.8. The van der Waals surface area contributed by atoms with Crippen molar-refractivity contribution in [3.8, 4) is 11.5 Å². The molecule has 8 aromatic rings. The lowest BCUT2D eigenvalue weighted by Crippen LogP contribution is -2.41. The van der Waals surface area contributed by atoms with E-state index in [0.717, 1.165) is 246 Å². The van der Waals surface area contributed by atoms with Crippen LogP contribution in [-0.4, -0.2) is 159 Å². The summed E-state index contributed by atoms with van der Waals surface area (Å²) in [5.41, 5.74) is 16.6. The minimum Gasteiger partial charge on any atom is -0.495 e. The fourth-order valence-electron chi connectivity index (χ4n) is 19.1. The zero-order valence-corrected chi connectivity index (χ0v) is 79.2. The highest BCUT2D eigenvalue weighted by Crippen LogP contribution is 2.46. The number of carbonyl (C=O) groups excluding carboxylic acids is 8. The number of piperidine rings is 4. The molecule has 0 atom stereocenters. The first-order valence-corrected chi connectivity index (χ1v) is 49.4. The highest BCUT2D eigenvalue weighted by atomic mass is 19.4. The number of fused-ring (bicyclic) bond motifs is 4. The third kappa shape index (κ3) is 25.3. The second-order valence-electron chi connectivity index (χ2n) is 37.8. The Morgan fingerprint density at radius 1 is 0.364 bits per heavy atom. The molecular weight excluding hydrogens is 1680 g/mol. The SMILES string of the molecule is CCCCNC(=O)C1CCN(c2cc3c(CC)c(C(=O)CC4CC4)cnc3cc2C(F)(F)F)CC1.CCCCNC(=O)C1CCN(c2cc3c(CC)c(C(=O)CC4CC4)cnc3cc2F)CC1.CCCCNC(=O)C1CCN(c2cc3c(CC)c(C(=O)CC4CC4)cnc3cc2OC)CC1.CCCCNC(=O)C1CCN(c2cc3c(N)c(C(=O)CC4CC4)cnc3cc2OC)CC1. The average Bonchev–Trinajstić information content (AvgIpc) is 0.989. The molecule has 712 valence electrons. The van der Waals surface area contributed by atoms with Gasteiger partial charge in [-0.25, -0.2) is 4.39 Å². The van der Waals surface area contributed by atoms with E-state index in [1.165, 1.54) is 25.1 Å². The monoisotopic (exact) mass is 1820 g/mol. The van der Waals surface area contributed by atoms with Crippen LogP contribution in [0.4, 0.5) is 46.0 Å². The van der Waals surface area contributed by atoms with E-state index in [9.17, 15) is 51.5 Å². The maximum atomic E-state index is 15.0. The Kier molecular flexibility index (Phi) is 34.7. The number of aromatic nitrogens is 4. The first kappa shape index (κ1) is 98.9. The van der Waals surface area contributed by atoms with Crippen molar-refractivity contribution >= 4 is 119 Å². The molecule has 132 heavy (non-hydrogen) atoms. The topological polar surface area (TPSA) is 294 Å². The quantitative estimate of drug-likeness (QED) is 0.0137. The number of nitrogens with two attached hydrogens (primary N) is 1. The third-order valence-electron chi connectivity index (χ3n) is 28.0. The van der Waals surface area contributed by atoms with Crippen LogP contribution in [0.5, 0.6) is 11.5 Å². The minimum absolute atomic E-state index is 0.00820. The van der Waals surface area contributed by atoms with Crippen molar-refractivity contribution in [1.29, 1.82) is 0 Å². The Bertz CT molecular complexity index is 5410. The van der Waals surface area contributed by atoms with E-state index in [1.54, 1.807) is 43.8 Å². The van der Waals surface area contributed by atoms with Gasteiger partial charge in [-0.3, -0.25) is 58.3 Å². The molecule has 4 aromatic carbocycles. The lowest BCUT2D eigenvalue weighted by atomic mass is 9.92. The van der Waals surface area contributed by atoms with Gasteiger partial charge in [0.25, 0.3) is 0 Å². The van der Waals surface area contributed by atoms with Crippen LogP contribution < -0.4 is 56.1 Å². The van der Waals surface area contributed by atoms with Gasteiger partial charge >= 0.3 is 6.18 Å². The number of Topliss-reactive ketones (excluding diaryl/α,β-unsaturated/α-hetero) is 4. The highest BCUT2D eigenvalue weighted by Gasteiger charge is 2.40. The van der Waals surface area contributed by atoms with E-state index < -0.39 is 11.7 Å². The van der Waals surface area contributed by atoms with Gasteiger partial charge in [-0.2, -0.15) is 13.2 Å². The number of pyridine rings is 4. The van der Waals surface area contributed by atoms with Gasteiger partial charge in [0.15, 0.2) is 23.1 Å². The largest absolute Gasteiger partial charge is 0.495 e. The number of hydrogen-bond acceptors (Lipinski definition) is 19. The Labute approximate surface area is 775 Å². The number of alkyl halides is 3. The maximum absolute atomic E-state index is 15.0. The van der Waals surface area contributed by atoms with Crippen LogP contribution in [-0.2, 0) is 44.6 Å². The van der Waals surface area contributed by atoms with Crippen molar-refractivity contribution in [3.05, 3.63) is 124 Å². The predicted molar refractivity (Wildman–Crippen MR) is 516 cm³/mol. The standard InChI is InChI=1S/C27H34F3N3O2.C27H37N3O3.C26H34FN3O2.C25H34N4O3/c1-3-5-10-31-26(35)18-8-11-33(12-9-18)24-14-20-19(4-2)21(25(34)13-17-6-7-17)16-32-23(20)15-22(24)27(28,29)30;1-4-6-11-28-27(32)19-9-12-30(13-10-19)24-15-21-20(5-2)22(25(31)14-18-7-8-18)17-29-23(21)16-26(24)33-3;1-3-5-10-28-26(32)18-8-11-30(12-9-18)24-14-20-19(4-2)21(25(31)13-17-6-7-17)16-29-23(20)15-22(24)27;1-3-4-9-27-25(31)17-7-10-29(11-8-17)21-13-18-20(14-23(21)32-2)28-15-19(24(18)26)22(30)12-16-5-6-16/h14-18H,3-13H2,1-2H3,(H,31,35);15-19H,4-14H2,1-3H3,(H,28,32);14-18H,3-13H2,1-2H3,(H,28,32);13-17H,3-12H2,1-2H3,(H2,26,28)(H,27,31). The Balaban J connectivity index is 0.000000150. The van der Waals surface area contributed by atoms with Crippen molar-refractivity contribution in [1.82, 2.24) is 41.2 Å². The summed E-state index contributed by atoms with van der Waals surface area (Å²) >= 11 is 0. The summed E-state index contributed by atoms with van der Waals surface area (Å²) in [4.78, 5) is 127.